The van der Waals surface area contributed by atoms with E-state index < -0.39 is 0 Å². The fourth-order valence-electron chi connectivity index (χ4n) is 2.36. The lowest BCUT2D eigenvalue weighted by atomic mass is 10.3. The van der Waals surface area contributed by atoms with Crippen LogP contribution in [0.2, 0.25) is 0 Å². The average Bonchev–Trinajstić information content (AvgIpc) is 2.58. The van der Waals surface area contributed by atoms with Gasteiger partial charge in [0.2, 0.25) is 5.95 Å². The SMILES string of the molecule is CCOc1ccccc1Nc1nc(C)cc(Nc2ccccc2Br)n1. The molecule has 128 valence electrons. The van der Waals surface area contributed by atoms with Gasteiger partial charge in [0.1, 0.15) is 11.6 Å². The summed E-state index contributed by atoms with van der Waals surface area (Å²) in [6.07, 6.45) is 0. The molecule has 6 heteroatoms. The number of para-hydroxylation sites is 3. The fraction of sp³-hybridized carbons (Fsp3) is 0.158. The van der Waals surface area contributed by atoms with E-state index in [1.54, 1.807) is 0 Å². The number of hydrogen-bond donors (Lipinski definition) is 2. The Morgan fingerprint density at radius 3 is 2.44 bits per heavy atom. The molecule has 0 radical (unpaired) electrons. The first-order valence-corrected chi connectivity index (χ1v) is 8.81. The zero-order valence-corrected chi connectivity index (χ0v) is 15.7. The third-order valence-corrected chi connectivity index (χ3v) is 4.12. The van der Waals surface area contributed by atoms with Crippen molar-refractivity contribution < 1.29 is 4.74 Å². The van der Waals surface area contributed by atoms with E-state index >= 15 is 0 Å². The number of anilines is 4. The number of rotatable bonds is 6. The fourth-order valence-corrected chi connectivity index (χ4v) is 2.74. The topological polar surface area (TPSA) is 59.1 Å². The van der Waals surface area contributed by atoms with E-state index in [9.17, 15) is 0 Å². The van der Waals surface area contributed by atoms with Gasteiger partial charge in [-0.15, -0.1) is 0 Å². The Morgan fingerprint density at radius 1 is 0.960 bits per heavy atom. The Kier molecular flexibility index (Phi) is 5.50. The van der Waals surface area contributed by atoms with Crippen LogP contribution in [0.3, 0.4) is 0 Å². The minimum Gasteiger partial charge on any atom is -0.492 e. The van der Waals surface area contributed by atoms with Crippen molar-refractivity contribution in [3.63, 3.8) is 0 Å². The van der Waals surface area contributed by atoms with Crippen LogP contribution in [0.15, 0.2) is 59.1 Å². The second-order valence-corrected chi connectivity index (χ2v) is 6.23. The minimum atomic E-state index is 0.515. The highest BCUT2D eigenvalue weighted by atomic mass is 79.9. The number of nitrogens with one attached hydrogen (secondary N) is 2. The summed E-state index contributed by atoms with van der Waals surface area (Å²) in [6, 6.07) is 17.6. The van der Waals surface area contributed by atoms with E-state index in [2.05, 4.69) is 36.5 Å². The number of hydrogen-bond acceptors (Lipinski definition) is 5. The first-order chi connectivity index (χ1) is 12.2. The quantitative estimate of drug-likeness (QED) is 0.579. The van der Waals surface area contributed by atoms with Crippen molar-refractivity contribution in [3.8, 4) is 5.75 Å². The maximum Gasteiger partial charge on any atom is 0.229 e. The largest absolute Gasteiger partial charge is 0.492 e. The molecule has 0 unspecified atom stereocenters. The first kappa shape index (κ1) is 17.2. The summed E-state index contributed by atoms with van der Waals surface area (Å²) in [4.78, 5) is 9.02. The maximum absolute atomic E-state index is 5.64. The third-order valence-electron chi connectivity index (χ3n) is 3.42. The highest BCUT2D eigenvalue weighted by molar-refractivity contribution is 9.10. The molecule has 3 aromatic rings. The molecular weight excluding hydrogens is 380 g/mol. The van der Waals surface area contributed by atoms with Crippen LogP contribution in [0.25, 0.3) is 0 Å². The molecule has 1 heterocycles. The van der Waals surface area contributed by atoms with E-state index in [0.717, 1.165) is 33.1 Å². The van der Waals surface area contributed by atoms with Crippen molar-refractivity contribution in [1.82, 2.24) is 9.97 Å². The van der Waals surface area contributed by atoms with Crippen LogP contribution in [0, 0.1) is 6.92 Å². The van der Waals surface area contributed by atoms with Gasteiger partial charge in [0.15, 0.2) is 0 Å². The minimum absolute atomic E-state index is 0.515. The molecule has 0 bridgehead atoms. The first-order valence-electron chi connectivity index (χ1n) is 8.02. The Morgan fingerprint density at radius 2 is 1.68 bits per heavy atom. The van der Waals surface area contributed by atoms with E-state index in [-0.39, 0.29) is 0 Å². The standard InChI is InChI=1S/C19H19BrN4O/c1-3-25-17-11-7-6-10-16(17)23-19-21-13(2)12-18(24-19)22-15-9-5-4-8-14(15)20/h4-12H,3H2,1-2H3,(H2,21,22,23,24). The smallest absolute Gasteiger partial charge is 0.229 e. The van der Waals surface area contributed by atoms with Gasteiger partial charge in [0.05, 0.1) is 18.0 Å². The summed E-state index contributed by atoms with van der Waals surface area (Å²) in [7, 11) is 0. The van der Waals surface area contributed by atoms with Crippen LogP contribution < -0.4 is 15.4 Å². The monoisotopic (exact) mass is 398 g/mol. The molecule has 0 spiro atoms. The summed E-state index contributed by atoms with van der Waals surface area (Å²) in [5.74, 6) is 2.01. The van der Waals surface area contributed by atoms with Crippen LogP contribution >= 0.6 is 15.9 Å². The molecule has 5 nitrogen and oxygen atoms in total. The Labute approximate surface area is 155 Å². The number of aryl methyl sites for hydroxylation is 1. The van der Waals surface area contributed by atoms with Crippen molar-refractivity contribution in [2.75, 3.05) is 17.2 Å². The lowest BCUT2D eigenvalue weighted by molar-refractivity contribution is 0.342. The Bertz CT molecular complexity index is 870. The van der Waals surface area contributed by atoms with Crippen LogP contribution in [-0.4, -0.2) is 16.6 Å². The van der Waals surface area contributed by atoms with Crippen LogP contribution in [0.5, 0.6) is 5.75 Å². The van der Waals surface area contributed by atoms with Gasteiger partial charge in [-0.1, -0.05) is 24.3 Å². The molecule has 0 atom stereocenters. The average molecular weight is 399 g/mol. The predicted octanol–water partition coefficient (Wildman–Crippen LogP) is 5.43. The zero-order chi connectivity index (χ0) is 17.6. The van der Waals surface area contributed by atoms with Gasteiger partial charge in [-0.3, -0.25) is 0 Å². The van der Waals surface area contributed by atoms with E-state index in [0.29, 0.717) is 12.6 Å². The molecule has 0 saturated heterocycles. The van der Waals surface area contributed by atoms with Crippen molar-refractivity contribution in [3.05, 3.63) is 64.8 Å². The second-order valence-electron chi connectivity index (χ2n) is 5.38. The van der Waals surface area contributed by atoms with Gasteiger partial charge in [0, 0.05) is 16.2 Å². The molecule has 2 N–H and O–H groups in total. The van der Waals surface area contributed by atoms with E-state index in [1.165, 1.54) is 0 Å². The number of aromatic nitrogens is 2. The molecule has 1 aromatic heterocycles. The predicted molar refractivity (Wildman–Crippen MR) is 105 cm³/mol. The highest BCUT2D eigenvalue weighted by Crippen LogP contribution is 2.28. The Hall–Kier alpha value is -2.60. The van der Waals surface area contributed by atoms with Crippen molar-refractivity contribution >= 4 is 39.1 Å². The van der Waals surface area contributed by atoms with Gasteiger partial charge in [0.25, 0.3) is 0 Å². The lowest BCUT2D eigenvalue weighted by Crippen LogP contribution is -2.04. The van der Waals surface area contributed by atoms with Crippen LogP contribution in [-0.2, 0) is 0 Å². The normalized spacial score (nSPS) is 10.4. The molecule has 0 saturated carbocycles. The summed E-state index contributed by atoms with van der Waals surface area (Å²) < 4.78 is 6.62. The molecule has 0 fully saturated rings. The summed E-state index contributed by atoms with van der Waals surface area (Å²) in [5.41, 5.74) is 2.64. The van der Waals surface area contributed by atoms with Crippen LogP contribution in [0.1, 0.15) is 12.6 Å². The molecular formula is C19H19BrN4O. The third kappa shape index (κ3) is 4.48. The lowest BCUT2D eigenvalue weighted by Gasteiger charge is -2.13. The Balaban J connectivity index is 1.86. The van der Waals surface area contributed by atoms with Gasteiger partial charge in [-0.25, -0.2) is 4.98 Å². The molecule has 0 aliphatic heterocycles. The second kappa shape index (κ2) is 7.98. The molecule has 25 heavy (non-hydrogen) atoms. The molecule has 2 aromatic carbocycles. The number of nitrogens with zero attached hydrogens (tertiary/aromatic N) is 2. The van der Waals surface area contributed by atoms with Gasteiger partial charge in [-0.05, 0) is 54.0 Å². The maximum atomic E-state index is 5.64. The highest BCUT2D eigenvalue weighted by Gasteiger charge is 2.08. The van der Waals surface area contributed by atoms with Crippen molar-refractivity contribution in [1.29, 1.82) is 0 Å². The molecule has 0 aliphatic carbocycles. The molecule has 0 amide bonds. The van der Waals surface area contributed by atoms with Crippen molar-refractivity contribution in [2.45, 2.75) is 13.8 Å². The van der Waals surface area contributed by atoms with E-state index in [1.807, 2.05) is 68.4 Å². The van der Waals surface area contributed by atoms with Gasteiger partial charge in [-0.2, -0.15) is 4.98 Å². The van der Waals surface area contributed by atoms with E-state index in [4.69, 9.17) is 4.74 Å². The number of halogens is 1. The summed E-state index contributed by atoms with van der Waals surface area (Å²) in [6.45, 7) is 4.49. The summed E-state index contributed by atoms with van der Waals surface area (Å²) in [5, 5.41) is 6.55. The zero-order valence-electron chi connectivity index (χ0n) is 14.1. The number of ether oxygens (including phenoxy) is 1. The number of benzene rings is 2. The molecule has 3 rings (SSSR count). The van der Waals surface area contributed by atoms with Gasteiger partial charge >= 0.3 is 0 Å². The summed E-state index contributed by atoms with van der Waals surface area (Å²) >= 11 is 3.53. The van der Waals surface area contributed by atoms with Crippen molar-refractivity contribution in [2.24, 2.45) is 0 Å². The van der Waals surface area contributed by atoms with Gasteiger partial charge < -0.3 is 15.4 Å². The van der Waals surface area contributed by atoms with Crippen LogP contribution in [0.4, 0.5) is 23.1 Å². The molecule has 0 aliphatic rings.